The van der Waals surface area contributed by atoms with Gasteiger partial charge in [-0.15, -0.1) is 0 Å². The van der Waals surface area contributed by atoms with Crippen molar-refractivity contribution in [1.29, 1.82) is 0 Å². The third-order valence-electron chi connectivity index (χ3n) is 2.98. The normalized spacial score (nSPS) is 10.4. The molecular formula is C15H17ClN2O3. The van der Waals surface area contributed by atoms with Crippen LogP contribution in [0.4, 0.5) is 4.79 Å². The average Bonchev–Trinajstić information content (AvgIpc) is 2.94. The quantitative estimate of drug-likeness (QED) is 0.942. The number of amides is 2. The van der Waals surface area contributed by atoms with Crippen LogP contribution >= 0.6 is 11.6 Å². The first-order chi connectivity index (χ1) is 9.97. The highest BCUT2D eigenvalue weighted by molar-refractivity contribution is 6.30. The SMILES string of the molecule is CN(C)C(=O)N(Cc1ccco1)Cc1cc(Cl)ccc1O. The molecule has 0 unspecified atom stereocenters. The lowest BCUT2D eigenvalue weighted by atomic mass is 10.2. The molecule has 0 aliphatic rings. The van der Waals surface area contributed by atoms with Crippen LogP contribution in [-0.2, 0) is 13.1 Å². The van der Waals surface area contributed by atoms with Gasteiger partial charge in [-0.25, -0.2) is 4.79 Å². The van der Waals surface area contributed by atoms with Gasteiger partial charge in [0.15, 0.2) is 0 Å². The second-order valence-corrected chi connectivity index (χ2v) is 5.32. The van der Waals surface area contributed by atoms with Crippen LogP contribution in [0.2, 0.25) is 5.02 Å². The van der Waals surface area contributed by atoms with Crippen molar-refractivity contribution < 1.29 is 14.3 Å². The van der Waals surface area contributed by atoms with Gasteiger partial charge in [0.1, 0.15) is 11.5 Å². The number of carbonyl (C=O) groups is 1. The number of hydrogen-bond donors (Lipinski definition) is 1. The van der Waals surface area contributed by atoms with Crippen molar-refractivity contribution in [2.75, 3.05) is 14.1 Å². The van der Waals surface area contributed by atoms with E-state index in [1.54, 1.807) is 49.5 Å². The zero-order valence-corrected chi connectivity index (χ0v) is 12.7. The van der Waals surface area contributed by atoms with Crippen LogP contribution < -0.4 is 0 Å². The van der Waals surface area contributed by atoms with Gasteiger partial charge >= 0.3 is 6.03 Å². The number of phenols is 1. The van der Waals surface area contributed by atoms with Crippen LogP contribution in [0.15, 0.2) is 41.0 Å². The molecule has 1 aromatic carbocycles. The number of benzene rings is 1. The standard InChI is InChI=1S/C15H17ClN2O3/c1-17(2)15(20)18(10-13-4-3-7-21-13)9-11-8-12(16)5-6-14(11)19/h3-8,19H,9-10H2,1-2H3. The van der Waals surface area contributed by atoms with E-state index < -0.39 is 0 Å². The molecule has 0 saturated carbocycles. The van der Waals surface area contributed by atoms with Gasteiger partial charge in [-0.05, 0) is 30.3 Å². The van der Waals surface area contributed by atoms with E-state index >= 15 is 0 Å². The lowest BCUT2D eigenvalue weighted by molar-refractivity contribution is 0.160. The Balaban J connectivity index is 2.22. The van der Waals surface area contributed by atoms with Gasteiger partial charge in [-0.1, -0.05) is 11.6 Å². The molecule has 0 aliphatic heterocycles. The minimum absolute atomic E-state index is 0.107. The fourth-order valence-electron chi connectivity index (χ4n) is 1.95. The summed E-state index contributed by atoms with van der Waals surface area (Å²) >= 11 is 5.94. The minimum atomic E-state index is -0.175. The van der Waals surface area contributed by atoms with E-state index in [0.717, 1.165) is 0 Å². The number of carbonyl (C=O) groups excluding carboxylic acids is 1. The Labute approximate surface area is 128 Å². The first-order valence-electron chi connectivity index (χ1n) is 6.43. The molecule has 6 heteroatoms. The van der Waals surface area contributed by atoms with E-state index in [1.807, 2.05) is 0 Å². The highest BCUT2D eigenvalue weighted by atomic mass is 35.5. The molecular weight excluding hydrogens is 292 g/mol. The fraction of sp³-hybridized carbons (Fsp3) is 0.267. The van der Waals surface area contributed by atoms with Crippen molar-refractivity contribution in [3.63, 3.8) is 0 Å². The number of nitrogens with zero attached hydrogens (tertiary/aromatic N) is 2. The number of halogens is 1. The highest BCUT2D eigenvalue weighted by Crippen LogP contribution is 2.24. The molecule has 0 atom stereocenters. The predicted octanol–water partition coefficient (Wildman–Crippen LogP) is 3.32. The summed E-state index contributed by atoms with van der Waals surface area (Å²) in [6.45, 7) is 0.556. The molecule has 1 heterocycles. The van der Waals surface area contributed by atoms with Crippen molar-refractivity contribution in [2.24, 2.45) is 0 Å². The molecule has 0 aliphatic carbocycles. The molecule has 2 amide bonds. The molecule has 21 heavy (non-hydrogen) atoms. The molecule has 0 fully saturated rings. The molecule has 1 aromatic heterocycles. The van der Waals surface area contributed by atoms with Gasteiger partial charge in [-0.3, -0.25) is 0 Å². The summed E-state index contributed by atoms with van der Waals surface area (Å²) in [5.41, 5.74) is 0.587. The van der Waals surface area contributed by atoms with Crippen molar-refractivity contribution >= 4 is 17.6 Å². The smallest absolute Gasteiger partial charge is 0.320 e. The first kappa shape index (κ1) is 15.3. The summed E-state index contributed by atoms with van der Waals surface area (Å²) in [5.74, 6) is 0.780. The predicted molar refractivity (Wildman–Crippen MR) is 80.2 cm³/mol. The van der Waals surface area contributed by atoms with E-state index in [2.05, 4.69) is 0 Å². The maximum Gasteiger partial charge on any atom is 0.320 e. The van der Waals surface area contributed by atoms with Crippen molar-refractivity contribution in [3.8, 4) is 5.75 Å². The number of hydrogen-bond acceptors (Lipinski definition) is 3. The van der Waals surface area contributed by atoms with E-state index in [1.165, 1.54) is 11.0 Å². The number of furan rings is 1. The monoisotopic (exact) mass is 308 g/mol. The topological polar surface area (TPSA) is 56.9 Å². The molecule has 0 saturated heterocycles. The third-order valence-corrected chi connectivity index (χ3v) is 3.22. The second kappa shape index (κ2) is 6.54. The number of urea groups is 1. The van der Waals surface area contributed by atoms with Crippen LogP contribution in [0, 0.1) is 0 Å². The van der Waals surface area contributed by atoms with Crippen LogP contribution in [0.5, 0.6) is 5.75 Å². The van der Waals surface area contributed by atoms with E-state index in [0.29, 0.717) is 22.9 Å². The molecule has 5 nitrogen and oxygen atoms in total. The molecule has 112 valence electrons. The third kappa shape index (κ3) is 3.92. The van der Waals surface area contributed by atoms with Gasteiger partial charge < -0.3 is 19.3 Å². The van der Waals surface area contributed by atoms with Crippen LogP contribution in [0.3, 0.4) is 0 Å². The number of aromatic hydroxyl groups is 1. The zero-order chi connectivity index (χ0) is 15.4. The van der Waals surface area contributed by atoms with Crippen molar-refractivity contribution in [3.05, 3.63) is 52.9 Å². The maximum absolute atomic E-state index is 12.3. The molecule has 0 spiro atoms. The molecule has 2 aromatic rings. The van der Waals surface area contributed by atoms with Crippen LogP contribution in [0.1, 0.15) is 11.3 Å². The Morgan fingerprint density at radius 3 is 2.67 bits per heavy atom. The Kier molecular flexibility index (Phi) is 4.75. The molecule has 1 N–H and O–H groups in total. The number of phenolic OH excluding ortho intramolecular Hbond substituents is 1. The molecule has 0 radical (unpaired) electrons. The van der Waals surface area contributed by atoms with Crippen LogP contribution in [-0.4, -0.2) is 35.0 Å². The first-order valence-corrected chi connectivity index (χ1v) is 6.81. The molecule has 0 bridgehead atoms. The summed E-state index contributed by atoms with van der Waals surface area (Å²) < 4.78 is 5.28. The Morgan fingerprint density at radius 2 is 2.05 bits per heavy atom. The number of rotatable bonds is 4. The van der Waals surface area contributed by atoms with Gasteiger partial charge in [0.05, 0.1) is 19.4 Å². The summed E-state index contributed by atoms with van der Waals surface area (Å²) in [6, 6.07) is 8.16. The summed E-state index contributed by atoms with van der Waals surface area (Å²) in [6.07, 6.45) is 1.56. The van der Waals surface area contributed by atoms with Crippen molar-refractivity contribution in [2.45, 2.75) is 13.1 Å². The zero-order valence-electron chi connectivity index (χ0n) is 11.9. The fourth-order valence-corrected chi connectivity index (χ4v) is 2.15. The van der Waals surface area contributed by atoms with Gasteiger partial charge in [-0.2, -0.15) is 0 Å². The lowest BCUT2D eigenvalue weighted by Crippen LogP contribution is -2.38. The van der Waals surface area contributed by atoms with Crippen molar-refractivity contribution in [1.82, 2.24) is 9.80 Å². The largest absolute Gasteiger partial charge is 0.508 e. The van der Waals surface area contributed by atoms with Gasteiger partial charge in [0.25, 0.3) is 0 Å². The van der Waals surface area contributed by atoms with Gasteiger partial charge in [0, 0.05) is 24.7 Å². The Hall–Kier alpha value is -2.14. The Bertz CT molecular complexity index is 611. The van der Waals surface area contributed by atoms with Crippen LogP contribution in [0.25, 0.3) is 0 Å². The second-order valence-electron chi connectivity index (χ2n) is 4.89. The maximum atomic E-state index is 12.3. The molecule has 2 rings (SSSR count). The van der Waals surface area contributed by atoms with E-state index in [9.17, 15) is 9.90 Å². The Morgan fingerprint density at radius 1 is 1.29 bits per heavy atom. The minimum Gasteiger partial charge on any atom is -0.508 e. The lowest BCUT2D eigenvalue weighted by Gasteiger charge is -2.25. The summed E-state index contributed by atoms with van der Waals surface area (Å²) in [7, 11) is 3.35. The van der Waals surface area contributed by atoms with E-state index in [-0.39, 0.29) is 18.3 Å². The summed E-state index contributed by atoms with van der Waals surface area (Å²) in [4.78, 5) is 15.3. The van der Waals surface area contributed by atoms with E-state index in [4.69, 9.17) is 16.0 Å². The van der Waals surface area contributed by atoms with Gasteiger partial charge in [0.2, 0.25) is 0 Å². The highest BCUT2D eigenvalue weighted by Gasteiger charge is 2.19. The summed E-state index contributed by atoms with van der Waals surface area (Å²) in [5, 5.41) is 10.4. The average molecular weight is 309 g/mol.